The summed E-state index contributed by atoms with van der Waals surface area (Å²) in [6, 6.07) is 10.4. The fourth-order valence-corrected chi connectivity index (χ4v) is 2.29. The number of benzene rings is 1. The van der Waals surface area contributed by atoms with E-state index in [1.165, 1.54) is 5.56 Å². The molecule has 90 valence electrons. The average Bonchev–Trinajstić information content (AvgIpc) is 2.30. The zero-order valence-corrected chi connectivity index (χ0v) is 10.4. The molecule has 0 aromatic heterocycles. The van der Waals surface area contributed by atoms with Gasteiger partial charge in [-0.25, -0.2) is 0 Å². The van der Waals surface area contributed by atoms with Gasteiger partial charge in [-0.2, -0.15) is 5.26 Å². The van der Waals surface area contributed by atoms with E-state index in [2.05, 4.69) is 36.9 Å². The first kappa shape index (κ1) is 12.1. The maximum Gasteiger partial charge on any atom is 0.124 e. The third-order valence-corrected chi connectivity index (χ3v) is 3.12. The van der Waals surface area contributed by atoms with Crippen LogP contribution >= 0.6 is 0 Å². The number of rotatable bonds is 2. The Kier molecular flexibility index (Phi) is 3.78. The number of hydrogen-bond acceptors (Lipinski definition) is 3. The third-order valence-electron chi connectivity index (χ3n) is 3.12. The second kappa shape index (κ2) is 5.31. The molecule has 1 aromatic rings. The number of nitrogens with zero attached hydrogens (tertiary/aromatic N) is 2. The Morgan fingerprint density at radius 2 is 2.35 bits per heavy atom. The fraction of sp³-hybridized carbons (Fsp3) is 0.500. The lowest BCUT2D eigenvalue weighted by Crippen LogP contribution is -2.42. The van der Waals surface area contributed by atoms with Crippen LogP contribution in [0.15, 0.2) is 24.3 Å². The Balaban J connectivity index is 2.19. The summed E-state index contributed by atoms with van der Waals surface area (Å²) < 4.78 is 5.51. The van der Waals surface area contributed by atoms with E-state index in [0.29, 0.717) is 6.61 Å². The summed E-state index contributed by atoms with van der Waals surface area (Å²) in [6.07, 6.45) is 0.212. The van der Waals surface area contributed by atoms with Gasteiger partial charge in [-0.15, -0.1) is 0 Å². The second-order valence-corrected chi connectivity index (χ2v) is 4.62. The highest BCUT2D eigenvalue weighted by molar-refractivity contribution is 5.28. The average molecular weight is 230 g/mol. The van der Waals surface area contributed by atoms with Gasteiger partial charge in [0.05, 0.1) is 18.8 Å². The van der Waals surface area contributed by atoms with E-state index in [4.69, 9.17) is 4.74 Å². The zero-order chi connectivity index (χ0) is 12.3. The maximum atomic E-state index is 9.38. The van der Waals surface area contributed by atoms with E-state index in [9.17, 15) is 5.26 Å². The summed E-state index contributed by atoms with van der Waals surface area (Å²) in [4.78, 5) is 2.20. The predicted octanol–water partition coefficient (Wildman–Crippen LogP) is 2.28. The Morgan fingerprint density at radius 3 is 3.00 bits per heavy atom. The molecule has 0 bridgehead atoms. The quantitative estimate of drug-likeness (QED) is 0.782. The minimum absolute atomic E-state index is 0.152. The van der Waals surface area contributed by atoms with Crippen LogP contribution in [-0.4, -0.2) is 30.7 Å². The molecule has 0 spiro atoms. The van der Waals surface area contributed by atoms with Crippen molar-refractivity contribution in [2.75, 3.05) is 19.7 Å². The fourth-order valence-electron chi connectivity index (χ4n) is 2.29. The predicted molar refractivity (Wildman–Crippen MR) is 66.5 cm³/mol. The maximum absolute atomic E-state index is 9.38. The highest BCUT2D eigenvalue weighted by Gasteiger charge is 2.25. The summed E-state index contributed by atoms with van der Waals surface area (Å²) in [5.74, 6) is 0. The monoisotopic (exact) mass is 230 g/mol. The van der Waals surface area contributed by atoms with Crippen molar-refractivity contribution in [3.63, 3.8) is 0 Å². The van der Waals surface area contributed by atoms with Crippen LogP contribution in [0.1, 0.15) is 24.1 Å². The molecule has 1 fully saturated rings. The van der Waals surface area contributed by atoms with Gasteiger partial charge in [0.1, 0.15) is 6.04 Å². The molecular weight excluding hydrogens is 212 g/mol. The van der Waals surface area contributed by atoms with Gasteiger partial charge in [0, 0.05) is 13.1 Å². The van der Waals surface area contributed by atoms with Crippen molar-refractivity contribution in [1.29, 1.82) is 5.26 Å². The first-order valence-corrected chi connectivity index (χ1v) is 6.02. The van der Waals surface area contributed by atoms with Gasteiger partial charge in [0.15, 0.2) is 0 Å². The van der Waals surface area contributed by atoms with Crippen LogP contribution in [0.2, 0.25) is 0 Å². The van der Waals surface area contributed by atoms with Crippen LogP contribution in [-0.2, 0) is 4.74 Å². The van der Waals surface area contributed by atoms with Crippen molar-refractivity contribution in [1.82, 2.24) is 4.90 Å². The van der Waals surface area contributed by atoms with E-state index in [1.54, 1.807) is 0 Å². The van der Waals surface area contributed by atoms with Gasteiger partial charge >= 0.3 is 0 Å². The SMILES string of the molecule is Cc1cccc([C@H](C#N)N2CCO[C@@H](C)C2)c1. The van der Waals surface area contributed by atoms with Crippen molar-refractivity contribution >= 4 is 0 Å². The van der Waals surface area contributed by atoms with Crippen molar-refractivity contribution in [2.45, 2.75) is 26.0 Å². The summed E-state index contributed by atoms with van der Waals surface area (Å²) in [6.45, 7) is 6.48. The van der Waals surface area contributed by atoms with Crippen LogP contribution in [0.3, 0.4) is 0 Å². The van der Waals surface area contributed by atoms with Crippen molar-refractivity contribution < 1.29 is 4.74 Å². The van der Waals surface area contributed by atoms with Crippen LogP contribution in [0.4, 0.5) is 0 Å². The molecule has 0 amide bonds. The molecule has 3 heteroatoms. The molecule has 1 aromatic carbocycles. The van der Waals surface area contributed by atoms with Gasteiger partial charge in [-0.1, -0.05) is 29.8 Å². The van der Waals surface area contributed by atoms with Crippen LogP contribution in [0.5, 0.6) is 0 Å². The van der Waals surface area contributed by atoms with Gasteiger partial charge < -0.3 is 4.74 Å². The third kappa shape index (κ3) is 2.85. The largest absolute Gasteiger partial charge is 0.376 e. The molecule has 0 radical (unpaired) electrons. The number of morpholine rings is 1. The standard InChI is InChI=1S/C14H18N2O/c1-11-4-3-5-13(8-11)14(9-15)16-6-7-17-12(2)10-16/h3-5,8,12,14H,6-7,10H2,1-2H3/t12-,14-/m0/s1. The zero-order valence-electron chi connectivity index (χ0n) is 10.4. The summed E-state index contributed by atoms with van der Waals surface area (Å²) in [7, 11) is 0. The first-order chi connectivity index (χ1) is 8.20. The second-order valence-electron chi connectivity index (χ2n) is 4.62. The molecule has 0 aliphatic carbocycles. The van der Waals surface area contributed by atoms with Gasteiger partial charge in [-0.3, -0.25) is 4.90 Å². The normalized spacial score (nSPS) is 23.0. The topological polar surface area (TPSA) is 36.3 Å². The lowest BCUT2D eigenvalue weighted by atomic mass is 10.0. The molecule has 1 saturated heterocycles. The van der Waals surface area contributed by atoms with E-state index < -0.39 is 0 Å². The van der Waals surface area contributed by atoms with Crippen LogP contribution < -0.4 is 0 Å². The number of hydrogen-bond donors (Lipinski definition) is 0. The van der Waals surface area contributed by atoms with Gasteiger partial charge in [0.2, 0.25) is 0 Å². The Hall–Kier alpha value is -1.37. The summed E-state index contributed by atoms with van der Waals surface area (Å²) >= 11 is 0. The van der Waals surface area contributed by atoms with E-state index >= 15 is 0 Å². The van der Waals surface area contributed by atoms with Crippen molar-refractivity contribution in [3.05, 3.63) is 35.4 Å². The molecule has 3 nitrogen and oxygen atoms in total. The van der Waals surface area contributed by atoms with E-state index in [-0.39, 0.29) is 12.1 Å². The van der Waals surface area contributed by atoms with Crippen molar-refractivity contribution in [3.8, 4) is 6.07 Å². The molecule has 2 rings (SSSR count). The van der Waals surface area contributed by atoms with Gasteiger partial charge in [-0.05, 0) is 19.4 Å². The molecule has 0 saturated carbocycles. The molecule has 17 heavy (non-hydrogen) atoms. The minimum Gasteiger partial charge on any atom is -0.376 e. The molecule has 1 heterocycles. The van der Waals surface area contributed by atoms with Crippen molar-refractivity contribution in [2.24, 2.45) is 0 Å². The Morgan fingerprint density at radius 1 is 1.53 bits per heavy atom. The number of aryl methyl sites for hydroxylation is 1. The Labute approximate surface area is 103 Å². The molecule has 0 unspecified atom stereocenters. The highest BCUT2D eigenvalue weighted by atomic mass is 16.5. The molecule has 0 N–H and O–H groups in total. The first-order valence-electron chi connectivity index (χ1n) is 6.02. The lowest BCUT2D eigenvalue weighted by molar-refractivity contribution is -0.0269. The molecule has 2 atom stereocenters. The summed E-state index contributed by atoms with van der Waals surface area (Å²) in [5, 5.41) is 9.38. The molecule has 1 aliphatic heterocycles. The molecule has 1 aliphatic rings. The highest BCUT2D eigenvalue weighted by Crippen LogP contribution is 2.23. The lowest BCUT2D eigenvalue weighted by Gasteiger charge is -2.34. The van der Waals surface area contributed by atoms with Crippen LogP contribution in [0, 0.1) is 18.3 Å². The smallest absolute Gasteiger partial charge is 0.124 e. The van der Waals surface area contributed by atoms with Crippen LogP contribution in [0.25, 0.3) is 0 Å². The Bertz CT molecular complexity index is 424. The summed E-state index contributed by atoms with van der Waals surface area (Å²) in [5.41, 5.74) is 2.28. The van der Waals surface area contributed by atoms with E-state index in [0.717, 1.165) is 18.7 Å². The minimum atomic E-state index is -0.152. The number of nitriles is 1. The van der Waals surface area contributed by atoms with E-state index in [1.807, 2.05) is 12.1 Å². The van der Waals surface area contributed by atoms with Gasteiger partial charge in [0.25, 0.3) is 0 Å². The molecular formula is C14H18N2O. The number of ether oxygens (including phenoxy) is 1.